The third-order valence-electron chi connectivity index (χ3n) is 5.13. The normalized spacial score (nSPS) is 17.0. The van der Waals surface area contributed by atoms with Crippen molar-refractivity contribution in [3.05, 3.63) is 40.8 Å². The van der Waals surface area contributed by atoms with Crippen LogP contribution in [0.1, 0.15) is 43.8 Å². The molecule has 0 bridgehead atoms. The van der Waals surface area contributed by atoms with Crippen LogP contribution < -0.4 is 10.9 Å². The highest BCUT2D eigenvalue weighted by Gasteiger charge is 2.29. The van der Waals surface area contributed by atoms with Crippen LogP contribution in [-0.2, 0) is 16.6 Å². The average Bonchev–Trinajstić information content (AvgIpc) is 3.64. The zero-order chi connectivity index (χ0) is 20.0. The molecule has 0 aliphatic heterocycles. The Balaban J connectivity index is 1.33. The van der Waals surface area contributed by atoms with Gasteiger partial charge in [-0.1, -0.05) is 0 Å². The fraction of sp³-hybridized carbons (Fsp3) is 0.500. The molecule has 3 heterocycles. The number of nitrogens with zero attached hydrogens (tertiary/aromatic N) is 6. The Morgan fingerprint density at radius 2 is 1.97 bits per heavy atom. The molecule has 0 amide bonds. The van der Waals surface area contributed by atoms with Gasteiger partial charge in [0.2, 0.25) is 5.95 Å². The van der Waals surface area contributed by atoms with Gasteiger partial charge in [0.15, 0.2) is 5.82 Å². The molecule has 0 unspecified atom stereocenters. The van der Waals surface area contributed by atoms with Crippen LogP contribution in [-0.4, -0.2) is 48.9 Å². The first-order valence-corrected chi connectivity index (χ1v) is 11.4. The molecule has 10 nitrogen and oxygen atoms in total. The molecule has 0 atom stereocenters. The number of hydrogen-bond acceptors (Lipinski definition) is 8. The van der Waals surface area contributed by atoms with Crippen molar-refractivity contribution in [1.82, 2.24) is 28.7 Å². The quantitative estimate of drug-likeness (QED) is 0.580. The van der Waals surface area contributed by atoms with Gasteiger partial charge in [0.1, 0.15) is 12.0 Å². The van der Waals surface area contributed by atoms with Gasteiger partial charge in [-0.05, 0) is 38.2 Å². The molecule has 5 rings (SSSR count). The maximum atomic E-state index is 12.5. The third kappa shape index (κ3) is 3.86. The lowest BCUT2D eigenvalue weighted by molar-refractivity contribution is 0.570. The van der Waals surface area contributed by atoms with E-state index < -0.39 is 10.0 Å². The predicted octanol–water partition coefficient (Wildman–Crippen LogP) is 1.10. The topological polar surface area (TPSA) is 125 Å². The summed E-state index contributed by atoms with van der Waals surface area (Å²) >= 11 is 0. The van der Waals surface area contributed by atoms with Crippen LogP contribution in [0, 0.1) is 0 Å². The van der Waals surface area contributed by atoms with Gasteiger partial charge in [0, 0.05) is 36.2 Å². The van der Waals surface area contributed by atoms with Crippen molar-refractivity contribution < 1.29 is 8.42 Å². The predicted molar refractivity (Wildman–Crippen MR) is 106 cm³/mol. The SMILES string of the molecule is O=c1ccc2cnc(NC3CC3)nc2n1CCCS(=O)(=O)n1cnc(C2CC2)n1. The second-order valence-corrected chi connectivity index (χ2v) is 9.58. The molecule has 2 aliphatic carbocycles. The largest absolute Gasteiger partial charge is 0.351 e. The highest BCUT2D eigenvalue weighted by Crippen LogP contribution is 2.37. The van der Waals surface area contributed by atoms with Crippen molar-refractivity contribution >= 4 is 27.0 Å². The number of hydrogen-bond donors (Lipinski definition) is 1. The molecule has 2 saturated carbocycles. The summed E-state index contributed by atoms with van der Waals surface area (Å²) in [6.45, 7) is 0.236. The second-order valence-electron chi connectivity index (χ2n) is 7.63. The lowest BCUT2D eigenvalue weighted by Crippen LogP contribution is -2.24. The molecule has 11 heteroatoms. The standard InChI is InChI=1S/C18H21N7O3S/c26-15-7-4-13-10-19-18(21-14-5-6-14)22-17(13)24(15)8-1-9-29(27,28)25-11-20-16(23-25)12-2-3-12/h4,7,10-12,14H,1-3,5-6,8-9H2,(H,19,21,22). The molecule has 3 aromatic heterocycles. The van der Waals surface area contributed by atoms with E-state index in [1.165, 1.54) is 17.0 Å². The number of aryl methyl sites for hydroxylation is 1. The van der Waals surface area contributed by atoms with E-state index >= 15 is 0 Å². The highest BCUT2D eigenvalue weighted by atomic mass is 32.2. The first-order chi connectivity index (χ1) is 14.0. The summed E-state index contributed by atoms with van der Waals surface area (Å²) < 4.78 is 27.5. The number of rotatable bonds is 8. The van der Waals surface area contributed by atoms with Gasteiger partial charge in [-0.15, -0.1) is 9.19 Å². The lowest BCUT2D eigenvalue weighted by atomic mass is 10.3. The minimum atomic E-state index is -3.61. The molecule has 152 valence electrons. The summed E-state index contributed by atoms with van der Waals surface area (Å²) in [5.74, 6) is 1.23. The molecule has 0 saturated heterocycles. The van der Waals surface area contributed by atoms with Crippen LogP contribution in [0.15, 0.2) is 29.5 Å². The summed E-state index contributed by atoms with van der Waals surface area (Å²) in [5, 5.41) is 8.06. The minimum Gasteiger partial charge on any atom is -0.351 e. The van der Waals surface area contributed by atoms with Crippen molar-refractivity contribution in [2.75, 3.05) is 11.1 Å². The summed E-state index contributed by atoms with van der Waals surface area (Å²) in [7, 11) is -3.61. The van der Waals surface area contributed by atoms with Gasteiger partial charge < -0.3 is 5.32 Å². The summed E-state index contributed by atoms with van der Waals surface area (Å²) in [5.41, 5.74) is 0.285. The first kappa shape index (κ1) is 18.2. The first-order valence-electron chi connectivity index (χ1n) is 9.77. The Hall–Kier alpha value is -2.82. The van der Waals surface area contributed by atoms with E-state index in [-0.39, 0.29) is 24.3 Å². The van der Waals surface area contributed by atoms with Crippen molar-refractivity contribution in [2.45, 2.75) is 50.6 Å². The van der Waals surface area contributed by atoms with E-state index in [1.807, 2.05) is 0 Å². The Kier molecular flexibility index (Phi) is 4.34. The van der Waals surface area contributed by atoms with Crippen molar-refractivity contribution in [1.29, 1.82) is 0 Å². The van der Waals surface area contributed by atoms with E-state index in [0.717, 1.165) is 35.2 Å². The van der Waals surface area contributed by atoms with E-state index in [0.29, 0.717) is 29.4 Å². The number of pyridine rings is 1. The van der Waals surface area contributed by atoms with Crippen molar-refractivity contribution in [3.63, 3.8) is 0 Å². The summed E-state index contributed by atoms with van der Waals surface area (Å²) in [6.07, 6.45) is 7.39. The van der Waals surface area contributed by atoms with Gasteiger partial charge in [-0.2, -0.15) is 4.98 Å². The van der Waals surface area contributed by atoms with Gasteiger partial charge in [-0.25, -0.2) is 18.4 Å². The van der Waals surface area contributed by atoms with Gasteiger partial charge in [0.05, 0.1) is 5.75 Å². The maximum Gasteiger partial charge on any atom is 0.255 e. The fourth-order valence-corrected chi connectivity index (χ4v) is 4.27. The molecule has 3 aromatic rings. The highest BCUT2D eigenvalue weighted by molar-refractivity contribution is 7.89. The minimum absolute atomic E-state index is 0.137. The molecule has 2 aliphatic rings. The van der Waals surface area contributed by atoms with Gasteiger partial charge in [0.25, 0.3) is 15.6 Å². The number of anilines is 1. The van der Waals surface area contributed by atoms with E-state index in [4.69, 9.17) is 0 Å². The molecular formula is C18H21N7O3S. The van der Waals surface area contributed by atoms with Crippen molar-refractivity contribution in [2.24, 2.45) is 0 Å². The molecule has 2 fully saturated rings. The van der Waals surface area contributed by atoms with Crippen LogP contribution in [0.4, 0.5) is 5.95 Å². The van der Waals surface area contributed by atoms with Crippen LogP contribution in [0.3, 0.4) is 0 Å². The Morgan fingerprint density at radius 3 is 2.72 bits per heavy atom. The van der Waals surface area contributed by atoms with E-state index in [9.17, 15) is 13.2 Å². The van der Waals surface area contributed by atoms with Crippen LogP contribution in [0.2, 0.25) is 0 Å². The third-order valence-corrected chi connectivity index (χ3v) is 6.69. The van der Waals surface area contributed by atoms with Crippen LogP contribution in [0.5, 0.6) is 0 Å². The summed E-state index contributed by atoms with van der Waals surface area (Å²) in [6, 6.07) is 3.53. The molecule has 29 heavy (non-hydrogen) atoms. The lowest BCUT2D eigenvalue weighted by Gasteiger charge is -2.11. The monoisotopic (exact) mass is 415 g/mol. The summed E-state index contributed by atoms with van der Waals surface area (Å²) in [4.78, 5) is 25.3. The van der Waals surface area contributed by atoms with Gasteiger partial charge in [-0.3, -0.25) is 9.36 Å². The molecule has 0 aromatic carbocycles. The van der Waals surface area contributed by atoms with Crippen LogP contribution in [0.25, 0.3) is 11.0 Å². The van der Waals surface area contributed by atoms with Gasteiger partial charge >= 0.3 is 0 Å². The number of aromatic nitrogens is 6. The molecule has 0 spiro atoms. The zero-order valence-corrected chi connectivity index (χ0v) is 16.5. The number of fused-ring (bicyclic) bond motifs is 1. The Morgan fingerprint density at radius 1 is 1.14 bits per heavy atom. The molecule has 0 radical (unpaired) electrons. The van der Waals surface area contributed by atoms with Crippen LogP contribution >= 0.6 is 0 Å². The number of nitrogens with one attached hydrogen (secondary N) is 1. The van der Waals surface area contributed by atoms with E-state index in [1.54, 1.807) is 12.3 Å². The van der Waals surface area contributed by atoms with E-state index in [2.05, 4.69) is 25.4 Å². The zero-order valence-electron chi connectivity index (χ0n) is 15.7. The second kappa shape index (κ2) is 6.90. The maximum absolute atomic E-state index is 12.5. The average molecular weight is 415 g/mol. The Bertz CT molecular complexity index is 1230. The molecule has 1 N–H and O–H groups in total. The molecular weight excluding hydrogens is 394 g/mol. The smallest absolute Gasteiger partial charge is 0.255 e. The fourth-order valence-electron chi connectivity index (χ4n) is 3.19. The van der Waals surface area contributed by atoms with Crippen molar-refractivity contribution in [3.8, 4) is 0 Å². The Labute approximate surface area is 167 Å².